The fourth-order valence-corrected chi connectivity index (χ4v) is 5.48. The number of hydrogen-bond donors (Lipinski definition) is 2. The standard InChI is InChI=1S/C20H30N2O2S/c1-2-3-4-6-11-16-14-18-17(12-13-19(18)22-25(21,23)24)20(16)15-9-7-5-8-10-15/h5,7-10,17-19,22H,2-4,6,11-14H2,1H3,(H2,21,23,24)/t17-,18-,19+/m1/s1. The molecule has 1 saturated carbocycles. The van der Waals surface area contributed by atoms with Crippen molar-refractivity contribution in [3.63, 3.8) is 0 Å². The van der Waals surface area contributed by atoms with E-state index in [2.05, 4.69) is 42.0 Å². The zero-order valence-corrected chi connectivity index (χ0v) is 15.9. The number of nitrogens with two attached hydrogens (primary N) is 1. The van der Waals surface area contributed by atoms with Gasteiger partial charge in [0.25, 0.3) is 10.2 Å². The molecule has 0 aromatic heterocycles. The molecule has 0 bridgehead atoms. The molecule has 5 heteroatoms. The van der Waals surface area contributed by atoms with E-state index in [9.17, 15) is 8.42 Å². The average molecular weight is 363 g/mol. The Bertz CT molecular complexity index is 712. The van der Waals surface area contributed by atoms with Crippen LogP contribution in [0.15, 0.2) is 35.9 Å². The maximum atomic E-state index is 11.5. The fourth-order valence-electron chi connectivity index (χ4n) is 4.76. The Labute approximate surface area is 152 Å². The third-order valence-electron chi connectivity index (χ3n) is 5.79. The molecule has 3 atom stereocenters. The Morgan fingerprint density at radius 1 is 1.12 bits per heavy atom. The smallest absolute Gasteiger partial charge is 0.216 e. The summed E-state index contributed by atoms with van der Waals surface area (Å²) in [6.45, 7) is 2.23. The fraction of sp³-hybridized carbons (Fsp3) is 0.600. The summed E-state index contributed by atoms with van der Waals surface area (Å²) < 4.78 is 25.7. The first-order valence-electron chi connectivity index (χ1n) is 9.57. The van der Waals surface area contributed by atoms with Crippen LogP contribution >= 0.6 is 0 Å². The largest absolute Gasteiger partial charge is 0.274 e. The summed E-state index contributed by atoms with van der Waals surface area (Å²) >= 11 is 0. The molecule has 2 aliphatic carbocycles. The van der Waals surface area contributed by atoms with Crippen molar-refractivity contribution in [1.29, 1.82) is 0 Å². The van der Waals surface area contributed by atoms with Crippen LogP contribution in [0.25, 0.3) is 5.57 Å². The molecule has 3 rings (SSSR count). The Morgan fingerprint density at radius 2 is 1.88 bits per heavy atom. The van der Waals surface area contributed by atoms with Crippen LogP contribution < -0.4 is 9.86 Å². The van der Waals surface area contributed by atoms with Crippen LogP contribution in [0.3, 0.4) is 0 Å². The molecule has 4 nitrogen and oxygen atoms in total. The highest BCUT2D eigenvalue weighted by Gasteiger charge is 2.44. The van der Waals surface area contributed by atoms with Gasteiger partial charge in [-0.3, -0.25) is 0 Å². The van der Waals surface area contributed by atoms with Crippen molar-refractivity contribution in [2.45, 2.75) is 64.3 Å². The van der Waals surface area contributed by atoms with E-state index < -0.39 is 10.2 Å². The van der Waals surface area contributed by atoms with Gasteiger partial charge in [-0.1, -0.05) is 62.1 Å². The lowest BCUT2D eigenvalue weighted by Gasteiger charge is -2.20. The highest BCUT2D eigenvalue weighted by atomic mass is 32.2. The molecule has 25 heavy (non-hydrogen) atoms. The van der Waals surface area contributed by atoms with Gasteiger partial charge in [0.05, 0.1) is 0 Å². The zero-order chi connectivity index (χ0) is 17.9. The van der Waals surface area contributed by atoms with E-state index in [1.54, 1.807) is 5.57 Å². The topological polar surface area (TPSA) is 72.2 Å². The summed E-state index contributed by atoms with van der Waals surface area (Å²) in [5, 5.41) is 5.24. The Balaban J connectivity index is 1.81. The molecular weight excluding hydrogens is 332 g/mol. The van der Waals surface area contributed by atoms with Crippen molar-refractivity contribution >= 4 is 15.8 Å². The molecule has 3 N–H and O–H groups in total. The predicted octanol–water partition coefficient (Wildman–Crippen LogP) is 4.00. The van der Waals surface area contributed by atoms with E-state index >= 15 is 0 Å². The molecule has 0 radical (unpaired) electrons. The van der Waals surface area contributed by atoms with E-state index in [4.69, 9.17) is 5.14 Å². The van der Waals surface area contributed by atoms with Crippen LogP contribution in [0.5, 0.6) is 0 Å². The Morgan fingerprint density at radius 3 is 2.56 bits per heavy atom. The van der Waals surface area contributed by atoms with E-state index in [1.165, 1.54) is 36.8 Å². The summed E-state index contributed by atoms with van der Waals surface area (Å²) in [7, 11) is -3.64. The molecule has 0 unspecified atom stereocenters. The van der Waals surface area contributed by atoms with Gasteiger partial charge in [0.2, 0.25) is 0 Å². The second-order valence-electron chi connectivity index (χ2n) is 7.52. The van der Waals surface area contributed by atoms with Gasteiger partial charge in [-0.05, 0) is 55.1 Å². The molecule has 1 aromatic carbocycles. The van der Waals surface area contributed by atoms with E-state index in [0.717, 1.165) is 25.7 Å². The van der Waals surface area contributed by atoms with Gasteiger partial charge in [0.1, 0.15) is 0 Å². The first-order valence-corrected chi connectivity index (χ1v) is 11.1. The molecule has 2 aliphatic rings. The molecule has 138 valence electrons. The summed E-state index contributed by atoms with van der Waals surface area (Å²) in [6.07, 6.45) is 9.11. The molecule has 0 aliphatic heterocycles. The third-order valence-corrected chi connectivity index (χ3v) is 6.42. The van der Waals surface area contributed by atoms with Gasteiger partial charge in [0, 0.05) is 6.04 Å². The SMILES string of the molecule is CCCCCCC1=C(c2ccccc2)[C@@H]2CC[C@H](NS(N)(=O)=O)[C@@H]2C1. The number of hydrogen-bond acceptors (Lipinski definition) is 2. The van der Waals surface area contributed by atoms with Crippen molar-refractivity contribution < 1.29 is 8.42 Å². The molecule has 0 saturated heterocycles. The van der Waals surface area contributed by atoms with Gasteiger partial charge in [0.15, 0.2) is 0 Å². The third kappa shape index (κ3) is 4.52. The predicted molar refractivity (Wildman–Crippen MR) is 103 cm³/mol. The highest BCUT2D eigenvalue weighted by molar-refractivity contribution is 7.87. The van der Waals surface area contributed by atoms with E-state index in [-0.39, 0.29) is 6.04 Å². The first kappa shape index (κ1) is 18.6. The second kappa shape index (κ2) is 8.02. The molecule has 1 aromatic rings. The quantitative estimate of drug-likeness (QED) is 0.686. The number of unbranched alkanes of at least 4 members (excludes halogenated alkanes) is 3. The normalized spacial score (nSPS) is 26.2. The summed E-state index contributed by atoms with van der Waals surface area (Å²) in [5.74, 6) is 0.817. The lowest BCUT2D eigenvalue weighted by Crippen LogP contribution is -2.41. The van der Waals surface area contributed by atoms with Gasteiger partial charge in [-0.25, -0.2) is 5.14 Å². The summed E-state index contributed by atoms with van der Waals surface area (Å²) in [6, 6.07) is 10.6. The minimum Gasteiger partial charge on any atom is -0.216 e. The number of benzene rings is 1. The number of allylic oxidation sites excluding steroid dienone is 2. The summed E-state index contributed by atoms with van der Waals surface area (Å²) in [5.41, 5.74) is 4.34. The minimum atomic E-state index is -3.64. The monoisotopic (exact) mass is 362 g/mol. The van der Waals surface area contributed by atoms with Crippen molar-refractivity contribution in [1.82, 2.24) is 4.72 Å². The average Bonchev–Trinajstić information content (AvgIpc) is 3.11. The van der Waals surface area contributed by atoms with E-state index in [0.29, 0.717) is 11.8 Å². The van der Waals surface area contributed by atoms with Crippen LogP contribution in [0.2, 0.25) is 0 Å². The van der Waals surface area contributed by atoms with Crippen molar-refractivity contribution in [2.24, 2.45) is 17.0 Å². The summed E-state index contributed by atoms with van der Waals surface area (Å²) in [4.78, 5) is 0. The maximum Gasteiger partial charge on any atom is 0.274 e. The molecule has 0 spiro atoms. The van der Waals surface area contributed by atoms with Crippen LogP contribution in [0, 0.1) is 11.8 Å². The van der Waals surface area contributed by atoms with Crippen LogP contribution in [-0.4, -0.2) is 14.5 Å². The van der Waals surface area contributed by atoms with Gasteiger partial charge in [-0.15, -0.1) is 0 Å². The van der Waals surface area contributed by atoms with Crippen LogP contribution in [-0.2, 0) is 10.2 Å². The van der Waals surface area contributed by atoms with Gasteiger partial charge < -0.3 is 0 Å². The lowest BCUT2D eigenvalue weighted by atomic mass is 9.89. The first-order chi connectivity index (χ1) is 12.0. The van der Waals surface area contributed by atoms with Crippen molar-refractivity contribution in [3.8, 4) is 0 Å². The Kier molecular flexibility index (Phi) is 5.97. The minimum absolute atomic E-state index is 0.0214. The number of rotatable bonds is 8. The van der Waals surface area contributed by atoms with Crippen LogP contribution in [0.4, 0.5) is 0 Å². The molecule has 0 amide bonds. The molecule has 0 heterocycles. The highest BCUT2D eigenvalue weighted by Crippen LogP contribution is 2.52. The van der Waals surface area contributed by atoms with Crippen LogP contribution in [0.1, 0.15) is 63.9 Å². The Hall–Kier alpha value is -1.17. The van der Waals surface area contributed by atoms with E-state index in [1.807, 2.05) is 0 Å². The zero-order valence-electron chi connectivity index (χ0n) is 15.1. The second-order valence-corrected chi connectivity index (χ2v) is 8.84. The number of fused-ring (bicyclic) bond motifs is 1. The van der Waals surface area contributed by atoms with Crippen molar-refractivity contribution in [3.05, 3.63) is 41.5 Å². The molecular formula is C20H30N2O2S. The van der Waals surface area contributed by atoms with Gasteiger partial charge >= 0.3 is 0 Å². The van der Waals surface area contributed by atoms with Gasteiger partial charge in [-0.2, -0.15) is 13.1 Å². The van der Waals surface area contributed by atoms with Crippen molar-refractivity contribution in [2.75, 3.05) is 0 Å². The molecule has 1 fully saturated rings. The maximum absolute atomic E-state index is 11.5. The number of nitrogens with one attached hydrogen (secondary N) is 1. The lowest BCUT2D eigenvalue weighted by molar-refractivity contribution is 0.417.